The lowest BCUT2D eigenvalue weighted by atomic mass is 10.1. The Morgan fingerprint density at radius 2 is 1.81 bits per heavy atom. The van der Waals surface area contributed by atoms with Crippen LogP contribution in [-0.2, 0) is 14.3 Å². The summed E-state index contributed by atoms with van der Waals surface area (Å²) in [6.45, 7) is 1.89. The summed E-state index contributed by atoms with van der Waals surface area (Å²) in [7, 11) is 0. The molecule has 1 atom stereocenters. The number of amides is 1. The number of nitrogens with one attached hydrogen (secondary N) is 1. The fraction of sp³-hybridized carbons (Fsp3) is 0.136. The van der Waals surface area contributed by atoms with Gasteiger partial charge in [-0.25, -0.2) is 9.36 Å². The molecule has 1 aliphatic heterocycles. The van der Waals surface area contributed by atoms with E-state index in [1.807, 2.05) is 66.9 Å². The van der Waals surface area contributed by atoms with Crippen LogP contribution in [0.25, 0.3) is 28.3 Å². The van der Waals surface area contributed by atoms with Gasteiger partial charge in [0.25, 0.3) is 5.91 Å². The van der Waals surface area contributed by atoms with E-state index in [2.05, 4.69) is 15.6 Å². The number of fused-ring (bicyclic) bond motifs is 1. The largest absolute Gasteiger partial charge is 0.465 e. The van der Waals surface area contributed by atoms with Gasteiger partial charge < -0.3 is 4.74 Å². The van der Waals surface area contributed by atoms with E-state index in [-0.39, 0.29) is 6.61 Å². The standard InChI is InChI=1S/C22H18N6O3S/c1-2-31-21(30)18-20(29)26-28-19(23-24-22(28)32-18)16-13-27(15-11-7-4-8-12-15)25-17(16)14-9-5-3-6-10-14/h3-13,18H,2H2,1H3,(H,26,29). The van der Waals surface area contributed by atoms with Crippen LogP contribution >= 0.6 is 11.8 Å². The predicted octanol–water partition coefficient (Wildman–Crippen LogP) is 2.91. The van der Waals surface area contributed by atoms with Crippen LogP contribution in [0.4, 0.5) is 0 Å². The number of nitrogens with zero attached hydrogens (tertiary/aromatic N) is 5. The molecule has 3 heterocycles. The number of thioether (sulfide) groups is 1. The zero-order chi connectivity index (χ0) is 22.1. The van der Waals surface area contributed by atoms with Crippen LogP contribution in [0, 0.1) is 0 Å². The van der Waals surface area contributed by atoms with Gasteiger partial charge in [-0.2, -0.15) is 5.10 Å². The first-order chi connectivity index (χ1) is 15.7. The highest BCUT2D eigenvalue weighted by molar-refractivity contribution is 8.01. The number of carbonyl (C=O) groups is 2. The zero-order valence-electron chi connectivity index (χ0n) is 17.0. The van der Waals surface area contributed by atoms with Crippen molar-refractivity contribution < 1.29 is 14.3 Å². The van der Waals surface area contributed by atoms with Crippen molar-refractivity contribution >= 4 is 23.6 Å². The van der Waals surface area contributed by atoms with Crippen molar-refractivity contribution in [3.63, 3.8) is 0 Å². The van der Waals surface area contributed by atoms with E-state index in [0.29, 0.717) is 22.2 Å². The molecule has 1 aliphatic rings. The van der Waals surface area contributed by atoms with Crippen molar-refractivity contribution in [1.82, 2.24) is 24.7 Å². The van der Waals surface area contributed by atoms with E-state index in [1.165, 1.54) is 4.68 Å². The fourth-order valence-electron chi connectivity index (χ4n) is 3.38. The Labute approximate surface area is 187 Å². The Bertz CT molecular complexity index is 1290. The molecule has 0 aliphatic carbocycles. The molecule has 2 aromatic heterocycles. The van der Waals surface area contributed by atoms with Gasteiger partial charge in [0.2, 0.25) is 5.16 Å². The molecule has 5 rings (SSSR count). The smallest absolute Gasteiger partial charge is 0.329 e. The highest BCUT2D eigenvalue weighted by Gasteiger charge is 2.37. The molecule has 1 unspecified atom stereocenters. The summed E-state index contributed by atoms with van der Waals surface area (Å²) in [5.74, 6) is -0.671. The molecule has 1 N–H and O–H groups in total. The number of hydrogen-bond acceptors (Lipinski definition) is 7. The lowest BCUT2D eigenvalue weighted by Crippen LogP contribution is -2.41. The average Bonchev–Trinajstić information content (AvgIpc) is 3.44. The van der Waals surface area contributed by atoms with Crippen LogP contribution in [-0.4, -0.2) is 48.4 Å². The maximum absolute atomic E-state index is 12.6. The van der Waals surface area contributed by atoms with Crippen molar-refractivity contribution in [2.45, 2.75) is 17.3 Å². The maximum Gasteiger partial charge on any atom is 0.329 e. The highest BCUT2D eigenvalue weighted by Crippen LogP contribution is 2.35. The number of esters is 1. The summed E-state index contributed by atoms with van der Waals surface area (Å²) in [6, 6.07) is 19.4. The van der Waals surface area contributed by atoms with E-state index in [1.54, 1.807) is 11.6 Å². The van der Waals surface area contributed by atoms with Gasteiger partial charge in [-0.05, 0) is 19.1 Å². The lowest BCUT2D eigenvalue weighted by Gasteiger charge is -2.21. The molecule has 1 amide bonds. The molecule has 2 aromatic carbocycles. The molecule has 0 saturated carbocycles. The molecular formula is C22H18N6O3S. The molecule has 0 bridgehead atoms. The molecule has 0 fully saturated rings. The first-order valence-corrected chi connectivity index (χ1v) is 10.8. The molecular weight excluding hydrogens is 428 g/mol. The van der Waals surface area contributed by atoms with Crippen LogP contribution in [0.2, 0.25) is 0 Å². The van der Waals surface area contributed by atoms with Crippen LogP contribution < -0.4 is 5.43 Å². The quantitative estimate of drug-likeness (QED) is 0.371. The van der Waals surface area contributed by atoms with Gasteiger partial charge in [-0.3, -0.25) is 15.0 Å². The SMILES string of the molecule is CCOC(=O)C1Sc2nnc(-c3cn(-c4ccccc4)nc3-c3ccccc3)n2NC1=O. The normalized spacial score (nSPS) is 15.2. The molecule has 10 heteroatoms. The third kappa shape index (κ3) is 3.54. The minimum Gasteiger partial charge on any atom is -0.465 e. The predicted molar refractivity (Wildman–Crippen MR) is 119 cm³/mol. The second-order valence-electron chi connectivity index (χ2n) is 6.91. The van der Waals surface area contributed by atoms with Crippen molar-refractivity contribution in [2.24, 2.45) is 0 Å². The van der Waals surface area contributed by atoms with E-state index in [9.17, 15) is 9.59 Å². The Morgan fingerprint density at radius 3 is 2.53 bits per heavy atom. The minimum atomic E-state index is -1.03. The monoisotopic (exact) mass is 446 g/mol. The van der Waals surface area contributed by atoms with Gasteiger partial charge in [0.05, 0.1) is 17.9 Å². The first kappa shape index (κ1) is 20.0. The van der Waals surface area contributed by atoms with Gasteiger partial charge >= 0.3 is 5.97 Å². The summed E-state index contributed by atoms with van der Waals surface area (Å²) in [6.07, 6.45) is 1.85. The van der Waals surface area contributed by atoms with Crippen molar-refractivity contribution in [3.8, 4) is 28.3 Å². The number of ether oxygens (including phenoxy) is 1. The number of hydrogen-bond donors (Lipinski definition) is 1. The van der Waals surface area contributed by atoms with Gasteiger partial charge in [-0.15, -0.1) is 10.2 Å². The van der Waals surface area contributed by atoms with Gasteiger partial charge in [0.15, 0.2) is 11.1 Å². The molecule has 160 valence electrons. The molecule has 4 aromatic rings. The summed E-state index contributed by atoms with van der Waals surface area (Å²) < 4.78 is 8.25. The summed E-state index contributed by atoms with van der Waals surface area (Å²) >= 11 is 1.01. The van der Waals surface area contributed by atoms with E-state index < -0.39 is 17.1 Å². The van der Waals surface area contributed by atoms with Gasteiger partial charge in [0, 0.05) is 11.8 Å². The lowest BCUT2D eigenvalue weighted by molar-refractivity contribution is -0.144. The second kappa shape index (κ2) is 8.31. The Balaban J connectivity index is 1.60. The molecule has 9 nitrogen and oxygen atoms in total. The number of benzene rings is 2. The zero-order valence-corrected chi connectivity index (χ0v) is 17.8. The topological polar surface area (TPSA) is 104 Å². The summed E-state index contributed by atoms with van der Waals surface area (Å²) in [5.41, 5.74) is 5.88. The van der Waals surface area contributed by atoms with Crippen LogP contribution in [0.5, 0.6) is 0 Å². The minimum absolute atomic E-state index is 0.195. The first-order valence-electron chi connectivity index (χ1n) is 9.96. The van der Waals surface area contributed by atoms with E-state index in [0.717, 1.165) is 23.0 Å². The number of aromatic nitrogens is 5. The third-order valence-corrected chi connectivity index (χ3v) is 5.96. The summed E-state index contributed by atoms with van der Waals surface area (Å²) in [5, 5.41) is 12.6. The van der Waals surface area contributed by atoms with Crippen molar-refractivity contribution in [3.05, 3.63) is 66.9 Å². The molecule has 0 saturated heterocycles. The highest BCUT2D eigenvalue weighted by atomic mass is 32.2. The van der Waals surface area contributed by atoms with Crippen LogP contribution in [0.3, 0.4) is 0 Å². The Hall–Kier alpha value is -3.92. The number of para-hydroxylation sites is 1. The van der Waals surface area contributed by atoms with Gasteiger partial charge in [-0.1, -0.05) is 60.3 Å². The molecule has 0 radical (unpaired) electrons. The van der Waals surface area contributed by atoms with Gasteiger partial charge in [0.1, 0.15) is 5.69 Å². The maximum atomic E-state index is 12.6. The Kier molecular flexibility index (Phi) is 5.20. The van der Waals surface area contributed by atoms with Crippen molar-refractivity contribution in [1.29, 1.82) is 0 Å². The second-order valence-corrected chi connectivity index (χ2v) is 7.98. The van der Waals surface area contributed by atoms with Crippen LogP contribution in [0.1, 0.15) is 6.92 Å². The number of carbonyl (C=O) groups excluding carboxylic acids is 2. The third-order valence-electron chi connectivity index (χ3n) is 4.84. The van der Waals surface area contributed by atoms with Crippen molar-refractivity contribution in [2.75, 3.05) is 12.0 Å². The van der Waals surface area contributed by atoms with Crippen LogP contribution in [0.15, 0.2) is 72.0 Å². The molecule has 0 spiro atoms. The number of rotatable bonds is 5. The summed E-state index contributed by atoms with van der Waals surface area (Å²) in [4.78, 5) is 24.7. The van der Waals surface area contributed by atoms with E-state index >= 15 is 0 Å². The molecule has 32 heavy (non-hydrogen) atoms. The van der Waals surface area contributed by atoms with E-state index in [4.69, 9.17) is 9.84 Å². The fourth-order valence-corrected chi connectivity index (χ4v) is 4.24. The Morgan fingerprint density at radius 1 is 1.09 bits per heavy atom. The average molecular weight is 446 g/mol.